The first-order valence-corrected chi connectivity index (χ1v) is 7.18. The van der Waals surface area contributed by atoms with E-state index >= 15 is 0 Å². The highest BCUT2D eigenvalue weighted by atomic mass is 32.2. The fourth-order valence-electron chi connectivity index (χ4n) is 1.95. The molecule has 0 bridgehead atoms. The molecular formula is C11H19F3N2O2S. The molecule has 1 aliphatic rings. The Morgan fingerprint density at radius 1 is 1.53 bits per heavy atom. The molecule has 2 unspecified atom stereocenters. The average Bonchev–Trinajstić information content (AvgIpc) is 2.34. The van der Waals surface area contributed by atoms with E-state index in [1.54, 1.807) is 7.05 Å². The molecule has 19 heavy (non-hydrogen) atoms. The third-order valence-electron chi connectivity index (χ3n) is 3.09. The van der Waals surface area contributed by atoms with Crippen molar-refractivity contribution in [3.05, 3.63) is 0 Å². The van der Waals surface area contributed by atoms with E-state index in [0.717, 1.165) is 6.92 Å². The number of aliphatic hydroxyl groups excluding tert-OH is 1. The highest BCUT2D eigenvalue weighted by Gasteiger charge is 2.46. The Morgan fingerprint density at radius 2 is 2.16 bits per heavy atom. The maximum absolute atomic E-state index is 12.6. The number of nitrogens with zero attached hydrogens (tertiary/aromatic N) is 1. The van der Waals surface area contributed by atoms with Crippen LogP contribution in [0.5, 0.6) is 0 Å². The van der Waals surface area contributed by atoms with Gasteiger partial charge in [-0.3, -0.25) is 4.99 Å². The normalized spacial score (nSPS) is 31.1. The minimum absolute atomic E-state index is 0.0912. The molecule has 1 fully saturated rings. The predicted molar refractivity (Wildman–Crippen MR) is 69.4 cm³/mol. The minimum Gasteiger partial charge on any atom is -0.390 e. The van der Waals surface area contributed by atoms with Gasteiger partial charge in [-0.1, -0.05) is 18.7 Å². The summed E-state index contributed by atoms with van der Waals surface area (Å²) in [5.41, 5.74) is 0. The lowest BCUT2D eigenvalue weighted by molar-refractivity contribution is -0.225. The Morgan fingerprint density at radius 3 is 2.58 bits per heavy atom. The van der Waals surface area contributed by atoms with Gasteiger partial charge in [0.25, 0.3) is 0 Å². The summed E-state index contributed by atoms with van der Waals surface area (Å²) in [5.74, 6) is -1.68. The van der Waals surface area contributed by atoms with E-state index in [-0.39, 0.29) is 19.1 Å². The second-order valence-corrected chi connectivity index (χ2v) is 5.27. The first kappa shape index (κ1) is 16.6. The van der Waals surface area contributed by atoms with Crippen LogP contribution in [0.4, 0.5) is 13.2 Å². The van der Waals surface area contributed by atoms with Crippen LogP contribution in [0.2, 0.25) is 0 Å². The lowest BCUT2D eigenvalue weighted by Gasteiger charge is -2.36. The molecule has 8 heteroatoms. The number of nitrogens with one attached hydrogen (secondary N) is 1. The van der Waals surface area contributed by atoms with Crippen molar-refractivity contribution < 1.29 is 23.0 Å². The van der Waals surface area contributed by atoms with Gasteiger partial charge in [-0.25, -0.2) is 0 Å². The van der Waals surface area contributed by atoms with Crippen LogP contribution in [0, 0.1) is 5.92 Å². The van der Waals surface area contributed by atoms with Gasteiger partial charge in [0.1, 0.15) is 0 Å². The quantitative estimate of drug-likeness (QED) is 0.601. The molecule has 0 aromatic carbocycles. The third-order valence-corrected chi connectivity index (χ3v) is 3.79. The molecule has 1 heterocycles. The maximum atomic E-state index is 12.6. The zero-order chi connectivity index (χ0) is 14.6. The van der Waals surface area contributed by atoms with E-state index in [4.69, 9.17) is 4.74 Å². The summed E-state index contributed by atoms with van der Waals surface area (Å²) in [7, 11) is 1.71. The lowest BCUT2D eigenvalue weighted by atomic mass is 9.92. The van der Waals surface area contributed by atoms with Gasteiger partial charge in [-0.05, 0) is 6.26 Å². The molecule has 1 aliphatic heterocycles. The fraction of sp³-hybridized carbons (Fsp3) is 0.909. The van der Waals surface area contributed by atoms with Gasteiger partial charge in [0.05, 0.1) is 30.8 Å². The zero-order valence-electron chi connectivity index (χ0n) is 11.1. The molecular weight excluding hydrogens is 281 g/mol. The fourth-order valence-corrected chi connectivity index (χ4v) is 2.41. The Labute approximate surface area is 114 Å². The summed E-state index contributed by atoms with van der Waals surface area (Å²) in [5, 5.41) is 13.3. The molecule has 4 atom stereocenters. The van der Waals surface area contributed by atoms with Crippen LogP contribution in [-0.2, 0) is 4.74 Å². The van der Waals surface area contributed by atoms with Gasteiger partial charge in [0, 0.05) is 13.5 Å². The van der Waals surface area contributed by atoms with E-state index in [1.807, 2.05) is 6.26 Å². The van der Waals surface area contributed by atoms with Gasteiger partial charge >= 0.3 is 6.18 Å². The van der Waals surface area contributed by atoms with Crippen LogP contribution in [0.15, 0.2) is 4.99 Å². The van der Waals surface area contributed by atoms with Crippen molar-refractivity contribution in [1.82, 2.24) is 5.32 Å². The van der Waals surface area contributed by atoms with Crippen molar-refractivity contribution >= 4 is 16.9 Å². The number of aliphatic imine (C=N–C) groups is 1. The predicted octanol–water partition coefficient (Wildman–Crippen LogP) is 1.64. The molecule has 4 nitrogen and oxygen atoms in total. The summed E-state index contributed by atoms with van der Waals surface area (Å²) >= 11 is 1.40. The largest absolute Gasteiger partial charge is 0.394 e. The Hall–Kier alpha value is -0.470. The Balaban J connectivity index is 2.64. The number of ether oxygens (including phenoxy) is 1. The van der Waals surface area contributed by atoms with Crippen molar-refractivity contribution in [3.8, 4) is 0 Å². The summed E-state index contributed by atoms with van der Waals surface area (Å²) in [4.78, 5) is 4.28. The number of aliphatic hydroxyl groups is 1. The number of alkyl halides is 3. The Bertz CT molecular complexity index is 320. The number of halogens is 3. The molecule has 0 radical (unpaired) electrons. The number of rotatable bonds is 2. The topological polar surface area (TPSA) is 53.9 Å². The maximum Gasteiger partial charge on any atom is 0.394 e. The molecule has 2 N–H and O–H groups in total. The van der Waals surface area contributed by atoms with Crippen LogP contribution in [0.1, 0.15) is 13.3 Å². The number of amidine groups is 1. The standard InChI is InChI=1S/C11H19F3N2O2S/c1-6(11(12,13)14)9-8(17)4-7(5-18-9)16-10(15-2)19-3/h6-9,17H,4-5H2,1-3H3,(H,15,16)/t6?,7-,8+,9?/m1/s1. The van der Waals surface area contributed by atoms with Crippen molar-refractivity contribution in [1.29, 1.82) is 0 Å². The highest BCUT2D eigenvalue weighted by molar-refractivity contribution is 8.13. The van der Waals surface area contributed by atoms with E-state index in [9.17, 15) is 18.3 Å². The smallest absolute Gasteiger partial charge is 0.390 e. The molecule has 1 saturated heterocycles. The minimum atomic E-state index is -4.36. The van der Waals surface area contributed by atoms with E-state index in [0.29, 0.717) is 5.17 Å². The van der Waals surface area contributed by atoms with Gasteiger partial charge in [0.15, 0.2) is 5.17 Å². The second kappa shape index (κ2) is 6.81. The summed E-state index contributed by atoms with van der Waals surface area (Å²) in [6, 6.07) is -0.318. The van der Waals surface area contributed by atoms with Gasteiger partial charge in [0.2, 0.25) is 0 Å². The van der Waals surface area contributed by atoms with E-state index in [2.05, 4.69) is 10.3 Å². The second-order valence-electron chi connectivity index (χ2n) is 4.47. The molecule has 0 amide bonds. The van der Waals surface area contributed by atoms with Crippen LogP contribution >= 0.6 is 11.8 Å². The SMILES string of the molecule is CN/C(=N/[C@H]1COC(C(C)C(F)(F)F)[C@@H](O)C1)SC. The van der Waals surface area contributed by atoms with Crippen LogP contribution < -0.4 is 5.32 Å². The first-order valence-electron chi connectivity index (χ1n) is 5.95. The monoisotopic (exact) mass is 300 g/mol. The van der Waals surface area contributed by atoms with Crippen LogP contribution in [-0.4, -0.2) is 54.6 Å². The van der Waals surface area contributed by atoms with Gasteiger partial charge in [-0.15, -0.1) is 0 Å². The summed E-state index contributed by atoms with van der Waals surface area (Å²) in [6.07, 6.45) is -4.71. The van der Waals surface area contributed by atoms with Crippen molar-refractivity contribution in [2.75, 3.05) is 19.9 Å². The summed E-state index contributed by atoms with van der Waals surface area (Å²) in [6.45, 7) is 1.12. The molecule has 0 aromatic heterocycles. The molecule has 0 saturated carbocycles. The van der Waals surface area contributed by atoms with E-state index < -0.39 is 24.3 Å². The molecule has 0 aliphatic carbocycles. The molecule has 0 spiro atoms. The van der Waals surface area contributed by atoms with Gasteiger partial charge in [-0.2, -0.15) is 13.2 Å². The number of thioether (sulfide) groups is 1. The molecule has 112 valence electrons. The molecule has 1 rings (SSSR count). The van der Waals surface area contributed by atoms with E-state index in [1.165, 1.54) is 11.8 Å². The first-order chi connectivity index (χ1) is 8.79. The van der Waals surface area contributed by atoms with Crippen LogP contribution in [0.3, 0.4) is 0 Å². The van der Waals surface area contributed by atoms with Crippen molar-refractivity contribution in [3.63, 3.8) is 0 Å². The third kappa shape index (κ3) is 4.54. The van der Waals surface area contributed by atoms with Crippen molar-refractivity contribution in [2.45, 2.75) is 37.8 Å². The van der Waals surface area contributed by atoms with Gasteiger partial charge < -0.3 is 15.2 Å². The Kier molecular flexibility index (Phi) is 5.94. The lowest BCUT2D eigenvalue weighted by Crippen LogP contribution is -2.48. The summed E-state index contributed by atoms with van der Waals surface area (Å²) < 4.78 is 42.9. The zero-order valence-corrected chi connectivity index (χ0v) is 11.9. The van der Waals surface area contributed by atoms with Crippen molar-refractivity contribution in [2.24, 2.45) is 10.9 Å². The number of hydrogen-bond donors (Lipinski definition) is 2. The average molecular weight is 300 g/mol. The highest BCUT2D eigenvalue weighted by Crippen LogP contribution is 2.34. The number of hydrogen-bond acceptors (Lipinski definition) is 4. The molecule has 0 aromatic rings. The van der Waals surface area contributed by atoms with Crippen LogP contribution in [0.25, 0.3) is 0 Å².